The smallest absolute Gasteiger partial charge is 0.367 e. The zero-order valence-electron chi connectivity index (χ0n) is 23.3. The highest BCUT2D eigenvalue weighted by atomic mass is 19.4. The van der Waals surface area contributed by atoms with Crippen LogP contribution in [0.4, 0.5) is 30.6 Å². The minimum Gasteiger partial charge on any atom is -0.367 e. The lowest BCUT2D eigenvalue weighted by molar-refractivity contribution is -0.137. The number of alkyl halides is 3. The van der Waals surface area contributed by atoms with Crippen LogP contribution in [0.5, 0.6) is 0 Å². The summed E-state index contributed by atoms with van der Waals surface area (Å²) in [4.78, 5) is 32.4. The molecule has 0 saturated carbocycles. The van der Waals surface area contributed by atoms with E-state index in [9.17, 15) is 18.0 Å². The van der Waals surface area contributed by atoms with E-state index in [2.05, 4.69) is 30.6 Å². The van der Waals surface area contributed by atoms with Crippen LogP contribution in [0.3, 0.4) is 0 Å². The maximum atomic E-state index is 13.1. The largest absolute Gasteiger partial charge is 0.416 e. The third kappa shape index (κ3) is 6.56. The van der Waals surface area contributed by atoms with Crippen molar-refractivity contribution in [3.8, 4) is 11.3 Å². The predicted molar refractivity (Wildman–Crippen MR) is 159 cm³/mol. The molecule has 43 heavy (non-hydrogen) atoms. The number of carbonyl (C=O) groups excluding carboxylic acids is 1. The molecule has 1 aromatic carbocycles. The first kappa shape index (κ1) is 28.1. The molecular weight excluding hydrogens is 555 g/mol. The molecule has 0 unspecified atom stereocenters. The number of anilines is 3. The molecule has 8 nitrogen and oxygen atoms in total. The van der Waals surface area contributed by atoms with Gasteiger partial charge in [0.25, 0.3) is 5.91 Å². The molecule has 5 heterocycles. The fourth-order valence-electron chi connectivity index (χ4n) is 5.14. The van der Waals surface area contributed by atoms with Crippen LogP contribution < -0.4 is 10.6 Å². The summed E-state index contributed by atoms with van der Waals surface area (Å²) in [6.45, 7) is 3.17. The molecule has 6 rings (SSSR count). The molecule has 218 valence electrons. The number of hydrogen-bond acceptors (Lipinski definition) is 7. The lowest BCUT2D eigenvalue weighted by atomic mass is 10.0. The normalized spacial score (nSPS) is 14.1. The number of rotatable bonds is 6. The molecule has 1 saturated heterocycles. The van der Waals surface area contributed by atoms with E-state index >= 15 is 0 Å². The number of likely N-dealkylation sites (tertiary alicyclic amines) is 1. The maximum absolute atomic E-state index is 13.1. The molecule has 0 bridgehead atoms. The van der Waals surface area contributed by atoms with Crippen molar-refractivity contribution in [1.82, 2.24) is 24.8 Å². The van der Waals surface area contributed by atoms with Gasteiger partial charge in [0.05, 0.1) is 16.8 Å². The third-order valence-corrected chi connectivity index (χ3v) is 7.36. The van der Waals surface area contributed by atoms with E-state index in [0.717, 1.165) is 59.0 Å². The van der Waals surface area contributed by atoms with Gasteiger partial charge in [0.2, 0.25) is 0 Å². The summed E-state index contributed by atoms with van der Waals surface area (Å²) in [6, 6.07) is 18.9. The van der Waals surface area contributed by atoms with E-state index in [0.29, 0.717) is 30.2 Å². The topological polar surface area (TPSA) is 95.9 Å². The Labute approximate surface area is 246 Å². The first-order chi connectivity index (χ1) is 20.7. The van der Waals surface area contributed by atoms with Crippen LogP contribution in [-0.2, 0) is 6.18 Å². The lowest BCUT2D eigenvalue weighted by Crippen LogP contribution is -2.42. The Hall–Kier alpha value is -5.06. The van der Waals surface area contributed by atoms with Crippen molar-refractivity contribution in [2.75, 3.05) is 23.7 Å². The van der Waals surface area contributed by atoms with E-state index in [1.54, 1.807) is 18.5 Å². The number of halogens is 3. The van der Waals surface area contributed by atoms with Crippen LogP contribution in [0, 0.1) is 6.92 Å². The number of aromatic nitrogens is 4. The first-order valence-corrected chi connectivity index (χ1v) is 13.9. The molecule has 0 spiro atoms. The fraction of sp³-hybridized carbons (Fsp3) is 0.219. The Balaban J connectivity index is 1.07. The van der Waals surface area contributed by atoms with Crippen molar-refractivity contribution in [3.05, 3.63) is 102 Å². The third-order valence-electron chi connectivity index (χ3n) is 7.36. The van der Waals surface area contributed by atoms with Gasteiger partial charge in [-0.2, -0.15) is 13.2 Å². The first-order valence-electron chi connectivity index (χ1n) is 13.9. The van der Waals surface area contributed by atoms with Gasteiger partial charge in [0.1, 0.15) is 17.5 Å². The van der Waals surface area contributed by atoms with Gasteiger partial charge >= 0.3 is 6.18 Å². The average molecular weight is 584 g/mol. The Morgan fingerprint density at radius 3 is 2.49 bits per heavy atom. The predicted octanol–water partition coefficient (Wildman–Crippen LogP) is 6.87. The molecule has 11 heteroatoms. The summed E-state index contributed by atoms with van der Waals surface area (Å²) in [5.74, 6) is 1.18. The summed E-state index contributed by atoms with van der Waals surface area (Å²) in [5.41, 5.74) is 3.01. The van der Waals surface area contributed by atoms with Gasteiger partial charge in [-0.3, -0.25) is 9.78 Å². The van der Waals surface area contributed by atoms with Crippen LogP contribution in [0.1, 0.15) is 34.3 Å². The molecule has 0 atom stereocenters. The van der Waals surface area contributed by atoms with Gasteiger partial charge in [-0.05, 0) is 86.0 Å². The van der Waals surface area contributed by atoms with Crippen LogP contribution in [0.25, 0.3) is 22.2 Å². The number of piperidine rings is 1. The van der Waals surface area contributed by atoms with Gasteiger partial charge in [-0.25, -0.2) is 15.0 Å². The highest BCUT2D eigenvalue weighted by Crippen LogP contribution is 2.31. The second-order valence-corrected chi connectivity index (χ2v) is 10.5. The SMILES string of the molecule is Cc1cc(Nc2cc(C(F)(F)F)ccn2)nc(-c2ccc(NC3CCN(C(=O)c4ccc5ncccc5c4)CC3)nc2)c1. The van der Waals surface area contributed by atoms with E-state index in [1.807, 2.05) is 60.4 Å². The maximum Gasteiger partial charge on any atom is 0.416 e. The molecule has 5 aromatic rings. The van der Waals surface area contributed by atoms with E-state index in [4.69, 9.17) is 0 Å². The van der Waals surface area contributed by atoms with Crippen molar-refractivity contribution < 1.29 is 18.0 Å². The van der Waals surface area contributed by atoms with Crippen LogP contribution in [0.15, 0.2) is 85.3 Å². The Morgan fingerprint density at radius 1 is 0.884 bits per heavy atom. The number of benzene rings is 1. The van der Waals surface area contributed by atoms with Crippen LogP contribution >= 0.6 is 0 Å². The number of hydrogen-bond donors (Lipinski definition) is 2. The van der Waals surface area contributed by atoms with E-state index in [-0.39, 0.29) is 17.8 Å². The summed E-state index contributed by atoms with van der Waals surface area (Å²) >= 11 is 0. The summed E-state index contributed by atoms with van der Waals surface area (Å²) in [5, 5.41) is 7.29. The quantitative estimate of drug-likeness (QED) is 0.225. The van der Waals surface area contributed by atoms with Crippen molar-refractivity contribution in [2.24, 2.45) is 0 Å². The Bertz CT molecular complexity index is 1770. The summed E-state index contributed by atoms with van der Waals surface area (Å²) in [6.07, 6.45) is 1.69. The average Bonchev–Trinajstić information content (AvgIpc) is 3.01. The van der Waals surface area contributed by atoms with Crippen molar-refractivity contribution >= 4 is 34.3 Å². The molecule has 1 aliphatic heterocycles. The van der Waals surface area contributed by atoms with Gasteiger partial charge in [-0.15, -0.1) is 0 Å². The van der Waals surface area contributed by atoms with E-state index < -0.39 is 11.7 Å². The molecule has 0 radical (unpaired) electrons. The van der Waals surface area contributed by atoms with Gasteiger partial charge in [0, 0.05) is 54.2 Å². The standard InChI is InChI=1S/C32H28F3N7O/c1-20-15-27(40-30(16-20)41-29-18-24(8-12-37-29)32(33,34)35)23-5-7-28(38-19-23)39-25-9-13-42(14-10-25)31(43)22-4-6-26-21(17-22)3-2-11-36-26/h2-8,11-12,15-19,25H,9-10,13-14H2,1H3,(H,38,39)(H,37,40,41). The number of nitrogens with one attached hydrogen (secondary N) is 2. The Morgan fingerprint density at radius 2 is 1.72 bits per heavy atom. The molecule has 4 aromatic heterocycles. The number of pyridine rings is 4. The van der Waals surface area contributed by atoms with Crippen LogP contribution in [-0.4, -0.2) is 49.9 Å². The molecule has 0 aliphatic carbocycles. The van der Waals surface area contributed by atoms with Crippen LogP contribution in [0.2, 0.25) is 0 Å². The second kappa shape index (κ2) is 11.7. The van der Waals surface area contributed by atoms with Crippen molar-refractivity contribution in [3.63, 3.8) is 0 Å². The number of carbonyl (C=O) groups is 1. The number of nitrogens with zero attached hydrogens (tertiary/aromatic N) is 5. The number of fused-ring (bicyclic) bond motifs is 1. The lowest BCUT2D eigenvalue weighted by Gasteiger charge is -2.32. The zero-order chi connectivity index (χ0) is 30.0. The second-order valence-electron chi connectivity index (χ2n) is 10.5. The van der Waals surface area contributed by atoms with Gasteiger partial charge in [0.15, 0.2) is 0 Å². The monoisotopic (exact) mass is 583 g/mol. The van der Waals surface area contributed by atoms with Gasteiger partial charge in [-0.1, -0.05) is 6.07 Å². The number of amides is 1. The molecule has 1 fully saturated rings. The van der Waals surface area contributed by atoms with E-state index in [1.165, 1.54) is 0 Å². The van der Waals surface area contributed by atoms with Gasteiger partial charge < -0.3 is 15.5 Å². The minimum atomic E-state index is -4.46. The molecule has 1 aliphatic rings. The highest BCUT2D eigenvalue weighted by Gasteiger charge is 2.30. The number of aryl methyl sites for hydroxylation is 1. The molecule has 2 N–H and O–H groups in total. The minimum absolute atomic E-state index is 0.0232. The Kier molecular flexibility index (Phi) is 7.62. The molecular formula is C32H28F3N7O. The highest BCUT2D eigenvalue weighted by molar-refractivity contribution is 5.98. The van der Waals surface area contributed by atoms with Crippen molar-refractivity contribution in [2.45, 2.75) is 32.0 Å². The van der Waals surface area contributed by atoms with Crippen molar-refractivity contribution in [1.29, 1.82) is 0 Å². The molecule has 1 amide bonds. The summed E-state index contributed by atoms with van der Waals surface area (Å²) in [7, 11) is 0. The fourth-order valence-corrected chi connectivity index (χ4v) is 5.14. The zero-order valence-corrected chi connectivity index (χ0v) is 23.3. The summed E-state index contributed by atoms with van der Waals surface area (Å²) < 4.78 is 39.3.